The molecule has 0 heterocycles. The second-order valence-electron chi connectivity index (χ2n) is 5.01. The highest BCUT2D eigenvalue weighted by molar-refractivity contribution is 6.33. The van der Waals surface area contributed by atoms with Crippen molar-refractivity contribution in [2.75, 3.05) is 5.32 Å². The fraction of sp³-hybridized carbons (Fsp3) is 0.429. The van der Waals surface area contributed by atoms with E-state index in [9.17, 15) is 14.0 Å². The van der Waals surface area contributed by atoms with E-state index in [0.717, 1.165) is 12.5 Å². The molecule has 3 atom stereocenters. The monoisotopic (exact) mass is 299 g/mol. The van der Waals surface area contributed by atoms with Crippen molar-refractivity contribution in [3.05, 3.63) is 29.0 Å². The summed E-state index contributed by atoms with van der Waals surface area (Å²) in [5.41, 5.74) is 0.278. The molecule has 4 nitrogen and oxygen atoms in total. The summed E-state index contributed by atoms with van der Waals surface area (Å²) in [7, 11) is 0. The van der Waals surface area contributed by atoms with E-state index in [4.69, 9.17) is 16.3 Å². The van der Waals surface area contributed by atoms with Gasteiger partial charge in [0, 0.05) is 0 Å². The summed E-state index contributed by atoms with van der Waals surface area (Å²) in [5.74, 6) is -1.12. The zero-order chi connectivity index (χ0) is 14.9. The van der Waals surface area contributed by atoms with E-state index in [0.29, 0.717) is 5.92 Å². The summed E-state index contributed by atoms with van der Waals surface area (Å²) in [6.45, 7) is 3.44. The molecule has 20 heavy (non-hydrogen) atoms. The number of esters is 1. The first kappa shape index (κ1) is 14.8. The minimum absolute atomic E-state index is 0.0905. The van der Waals surface area contributed by atoms with Crippen LogP contribution in [-0.4, -0.2) is 18.0 Å². The fourth-order valence-electron chi connectivity index (χ4n) is 1.79. The summed E-state index contributed by atoms with van der Waals surface area (Å²) in [6, 6.07) is 3.64. The quantitative estimate of drug-likeness (QED) is 0.870. The van der Waals surface area contributed by atoms with Crippen LogP contribution in [0.25, 0.3) is 0 Å². The van der Waals surface area contributed by atoms with Gasteiger partial charge in [-0.1, -0.05) is 18.5 Å². The first-order chi connectivity index (χ1) is 9.38. The van der Waals surface area contributed by atoms with Gasteiger partial charge in [0.25, 0.3) is 5.91 Å². The third kappa shape index (κ3) is 3.48. The Morgan fingerprint density at radius 1 is 1.50 bits per heavy atom. The molecule has 0 saturated heterocycles. The standard InChI is InChI=1S/C14H15ClFNO3/c1-7-5-10(7)14(19)20-8(2)13(18)17-12-4-3-9(16)6-11(12)15/h3-4,6-8,10H,5H2,1-2H3,(H,17,18)/t7-,8-,10+/m0/s1. The molecule has 0 spiro atoms. The molecule has 6 heteroatoms. The van der Waals surface area contributed by atoms with E-state index in [1.807, 2.05) is 6.92 Å². The molecule has 1 aromatic rings. The molecule has 1 saturated carbocycles. The van der Waals surface area contributed by atoms with E-state index in [1.165, 1.54) is 19.1 Å². The van der Waals surface area contributed by atoms with Crippen molar-refractivity contribution in [1.82, 2.24) is 0 Å². The molecule has 0 unspecified atom stereocenters. The van der Waals surface area contributed by atoms with Gasteiger partial charge >= 0.3 is 5.97 Å². The molecule has 108 valence electrons. The Labute approximate surface area is 121 Å². The second kappa shape index (κ2) is 5.79. The van der Waals surface area contributed by atoms with Crippen LogP contribution in [0.2, 0.25) is 5.02 Å². The zero-order valence-electron chi connectivity index (χ0n) is 11.2. The van der Waals surface area contributed by atoms with Crippen LogP contribution in [0.4, 0.5) is 10.1 Å². The Bertz CT molecular complexity index is 549. The lowest BCUT2D eigenvalue weighted by molar-refractivity contribution is -0.154. The van der Waals surface area contributed by atoms with Gasteiger partial charge in [0.2, 0.25) is 0 Å². The van der Waals surface area contributed by atoms with Gasteiger partial charge < -0.3 is 10.1 Å². The predicted octanol–water partition coefficient (Wildman–Crippen LogP) is 3.01. The lowest BCUT2D eigenvalue weighted by Crippen LogP contribution is -2.30. The Balaban J connectivity index is 1.92. The predicted molar refractivity (Wildman–Crippen MR) is 72.9 cm³/mol. The number of halogens is 2. The maximum absolute atomic E-state index is 12.9. The van der Waals surface area contributed by atoms with Gasteiger partial charge in [0.15, 0.2) is 6.10 Å². The minimum atomic E-state index is -0.920. The van der Waals surface area contributed by atoms with Crippen molar-refractivity contribution in [3.63, 3.8) is 0 Å². The molecule has 1 aliphatic rings. The highest BCUT2D eigenvalue weighted by Gasteiger charge is 2.41. The maximum atomic E-state index is 12.9. The van der Waals surface area contributed by atoms with Crippen molar-refractivity contribution < 1.29 is 18.7 Å². The third-order valence-corrected chi connectivity index (χ3v) is 3.58. The Morgan fingerprint density at radius 3 is 2.70 bits per heavy atom. The summed E-state index contributed by atoms with van der Waals surface area (Å²) < 4.78 is 18.0. The SMILES string of the molecule is C[C@H](OC(=O)[C@@H]1C[C@@H]1C)C(=O)Nc1ccc(F)cc1Cl. The number of anilines is 1. The summed E-state index contributed by atoms with van der Waals surface area (Å²) >= 11 is 5.80. The van der Waals surface area contributed by atoms with Crippen molar-refractivity contribution in [2.24, 2.45) is 11.8 Å². The van der Waals surface area contributed by atoms with Gasteiger partial charge in [-0.2, -0.15) is 0 Å². The molecule has 1 aromatic carbocycles. The lowest BCUT2D eigenvalue weighted by Gasteiger charge is -2.14. The van der Waals surface area contributed by atoms with E-state index in [-0.39, 0.29) is 22.6 Å². The fourth-order valence-corrected chi connectivity index (χ4v) is 2.01. The van der Waals surface area contributed by atoms with Gasteiger partial charge in [-0.05, 0) is 37.5 Å². The third-order valence-electron chi connectivity index (χ3n) is 3.26. The average Bonchev–Trinajstić information content (AvgIpc) is 3.10. The van der Waals surface area contributed by atoms with E-state index >= 15 is 0 Å². The summed E-state index contributed by atoms with van der Waals surface area (Å²) in [4.78, 5) is 23.5. The number of amides is 1. The maximum Gasteiger partial charge on any atom is 0.309 e. The van der Waals surface area contributed by atoms with E-state index in [1.54, 1.807) is 0 Å². The Hall–Kier alpha value is -1.62. The zero-order valence-corrected chi connectivity index (χ0v) is 11.9. The Kier molecular flexibility index (Phi) is 4.28. The normalized spacial score (nSPS) is 22.0. The van der Waals surface area contributed by atoms with Crippen molar-refractivity contribution in [3.8, 4) is 0 Å². The van der Waals surface area contributed by atoms with Gasteiger partial charge in [0.05, 0.1) is 16.6 Å². The topological polar surface area (TPSA) is 55.4 Å². The molecule has 2 rings (SSSR count). The highest BCUT2D eigenvalue weighted by atomic mass is 35.5. The number of carbonyl (C=O) groups excluding carboxylic acids is 2. The van der Waals surface area contributed by atoms with Crippen LogP contribution in [0.3, 0.4) is 0 Å². The first-order valence-corrected chi connectivity index (χ1v) is 6.72. The molecular formula is C14H15ClFNO3. The highest BCUT2D eigenvalue weighted by Crippen LogP contribution is 2.38. The first-order valence-electron chi connectivity index (χ1n) is 6.35. The largest absolute Gasteiger partial charge is 0.452 e. The number of carbonyl (C=O) groups is 2. The second-order valence-corrected chi connectivity index (χ2v) is 5.42. The number of rotatable bonds is 4. The number of nitrogens with one attached hydrogen (secondary N) is 1. The van der Waals surface area contributed by atoms with Crippen LogP contribution in [-0.2, 0) is 14.3 Å². The van der Waals surface area contributed by atoms with Gasteiger partial charge in [0.1, 0.15) is 5.82 Å². The molecule has 1 fully saturated rings. The van der Waals surface area contributed by atoms with Crippen molar-refractivity contribution >= 4 is 29.2 Å². The van der Waals surface area contributed by atoms with Gasteiger partial charge in [-0.15, -0.1) is 0 Å². The lowest BCUT2D eigenvalue weighted by atomic mass is 10.3. The van der Waals surface area contributed by atoms with Crippen LogP contribution in [0.5, 0.6) is 0 Å². The molecular weight excluding hydrogens is 285 g/mol. The van der Waals surface area contributed by atoms with Gasteiger partial charge in [-0.3, -0.25) is 9.59 Å². The van der Waals surface area contributed by atoms with Crippen LogP contribution in [0.15, 0.2) is 18.2 Å². The number of ether oxygens (including phenoxy) is 1. The summed E-state index contributed by atoms with van der Waals surface area (Å²) in [6.07, 6.45) is -0.117. The van der Waals surface area contributed by atoms with Crippen LogP contribution in [0.1, 0.15) is 20.3 Å². The Morgan fingerprint density at radius 2 is 2.15 bits per heavy atom. The molecule has 0 radical (unpaired) electrons. The molecule has 0 aliphatic heterocycles. The number of hydrogen-bond acceptors (Lipinski definition) is 3. The number of benzene rings is 1. The molecule has 1 aliphatic carbocycles. The molecule has 0 bridgehead atoms. The molecule has 1 N–H and O–H groups in total. The van der Waals surface area contributed by atoms with Crippen molar-refractivity contribution in [2.45, 2.75) is 26.4 Å². The minimum Gasteiger partial charge on any atom is -0.452 e. The van der Waals surface area contributed by atoms with E-state index < -0.39 is 17.8 Å². The van der Waals surface area contributed by atoms with Crippen LogP contribution in [0, 0.1) is 17.7 Å². The summed E-state index contributed by atoms with van der Waals surface area (Å²) in [5, 5.41) is 2.59. The van der Waals surface area contributed by atoms with Crippen LogP contribution >= 0.6 is 11.6 Å². The van der Waals surface area contributed by atoms with Crippen LogP contribution < -0.4 is 5.32 Å². The van der Waals surface area contributed by atoms with Gasteiger partial charge in [-0.25, -0.2) is 4.39 Å². The van der Waals surface area contributed by atoms with E-state index in [2.05, 4.69) is 5.32 Å². The van der Waals surface area contributed by atoms with Crippen molar-refractivity contribution in [1.29, 1.82) is 0 Å². The molecule has 1 amide bonds. The molecule has 0 aromatic heterocycles. The average molecular weight is 300 g/mol. The number of hydrogen-bond donors (Lipinski definition) is 1. The smallest absolute Gasteiger partial charge is 0.309 e.